The molecule has 3 nitrogen and oxygen atoms in total. The number of nitrogens with two attached hydrogens (primary N) is 1. The molecule has 0 unspecified atom stereocenters. The predicted octanol–water partition coefficient (Wildman–Crippen LogP) is 4.36. The molecule has 1 aromatic carbocycles. The number of benzene rings is 1. The molecule has 0 radical (unpaired) electrons. The quantitative estimate of drug-likeness (QED) is 0.855. The van der Waals surface area contributed by atoms with Crippen molar-refractivity contribution in [3.63, 3.8) is 0 Å². The van der Waals surface area contributed by atoms with Gasteiger partial charge in [-0.1, -0.05) is 43.0 Å². The molecule has 0 amide bonds. The zero-order valence-corrected chi connectivity index (χ0v) is 11.6. The van der Waals surface area contributed by atoms with Crippen molar-refractivity contribution in [3.8, 4) is 11.3 Å². The number of rotatable bonds is 2. The first-order valence-electron chi connectivity index (χ1n) is 6.85. The van der Waals surface area contributed by atoms with Crippen LogP contribution in [0.4, 0.5) is 5.82 Å². The third kappa shape index (κ3) is 2.61. The van der Waals surface area contributed by atoms with Gasteiger partial charge in [0.05, 0.1) is 5.69 Å². The van der Waals surface area contributed by atoms with Crippen LogP contribution in [0.2, 0.25) is 5.02 Å². The van der Waals surface area contributed by atoms with E-state index < -0.39 is 0 Å². The highest BCUT2D eigenvalue weighted by Gasteiger charge is 2.18. The molecule has 0 spiro atoms. The number of aromatic nitrogens is 2. The van der Waals surface area contributed by atoms with Gasteiger partial charge >= 0.3 is 0 Å². The van der Waals surface area contributed by atoms with E-state index in [0.29, 0.717) is 11.7 Å². The summed E-state index contributed by atoms with van der Waals surface area (Å²) in [5.41, 5.74) is 8.86. The van der Waals surface area contributed by atoms with Crippen LogP contribution in [0.25, 0.3) is 11.3 Å². The van der Waals surface area contributed by atoms with Crippen LogP contribution in [0.1, 0.15) is 43.6 Å². The molecule has 1 aromatic heterocycles. The highest BCUT2D eigenvalue weighted by atomic mass is 35.5. The second-order valence-corrected chi connectivity index (χ2v) is 5.68. The average Bonchev–Trinajstić information content (AvgIpc) is 2.86. The zero-order valence-electron chi connectivity index (χ0n) is 10.8. The predicted molar refractivity (Wildman–Crippen MR) is 79.3 cm³/mol. The van der Waals surface area contributed by atoms with E-state index in [1.165, 1.54) is 37.7 Å². The van der Waals surface area contributed by atoms with Crippen molar-refractivity contribution in [3.05, 3.63) is 34.9 Å². The SMILES string of the molecule is Nc1cc(-c2ccc(C3CCCCC3)c(Cl)c2)[nH]n1. The number of hydrogen-bond donors (Lipinski definition) is 2. The van der Waals surface area contributed by atoms with Gasteiger partial charge in [-0.05, 0) is 30.4 Å². The van der Waals surface area contributed by atoms with Crippen LogP contribution in [-0.4, -0.2) is 10.2 Å². The third-order valence-electron chi connectivity index (χ3n) is 3.95. The number of nitrogen functional groups attached to an aromatic ring is 1. The summed E-state index contributed by atoms with van der Waals surface area (Å²) in [4.78, 5) is 0. The van der Waals surface area contributed by atoms with Crippen molar-refractivity contribution >= 4 is 17.4 Å². The van der Waals surface area contributed by atoms with Crippen LogP contribution in [0.15, 0.2) is 24.3 Å². The first-order valence-corrected chi connectivity index (χ1v) is 7.22. The van der Waals surface area contributed by atoms with Crippen molar-refractivity contribution in [1.82, 2.24) is 10.2 Å². The summed E-state index contributed by atoms with van der Waals surface area (Å²) >= 11 is 6.45. The van der Waals surface area contributed by atoms with Crippen molar-refractivity contribution in [2.24, 2.45) is 0 Å². The lowest BCUT2D eigenvalue weighted by Crippen LogP contribution is -2.05. The molecule has 2 aromatic rings. The Labute approximate surface area is 118 Å². The number of H-pyrrole nitrogens is 1. The van der Waals surface area contributed by atoms with E-state index in [4.69, 9.17) is 17.3 Å². The zero-order chi connectivity index (χ0) is 13.2. The summed E-state index contributed by atoms with van der Waals surface area (Å²) in [6, 6.07) is 8.10. The van der Waals surface area contributed by atoms with E-state index in [-0.39, 0.29) is 0 Å². The molecule has 1 heterocycles. The molecule has 1 aliphatic rings. The van der Waals surface area contributed by atoms with Crippen molar-refractivity contribution in [2.75, 3.05) is 5.73 Å². The van der Waals surface area contributed by atoms with Crippen LogP contribution in [0, 0.1) is 0 Å². The lowest BCUT2D eigenvalue weighted by atomic mass is 9.84. The molecule has 0 saturated heterocycles. The van der Waals surface area contributed by atoms with Gasteiger partial charge in [0.25, 0.3) is 0 Å². The summed E-state index contributed by atoms with van der Waals surface area (Å²) in [6.07, 6.45) is 6.52. The first-order chi connectivity index (χ1) is 9.24. The van der Waals surface area contributed by atoms with Crippen LogP contribution in [-0.2, 0) is 0 Å². The highest BCUT2D eigenvalue weighted by Crippen LogP contribution is 2.37. The molecule has 100 valence electrons. The van der Waals surface area contributed by atoms with Crippen molar-refractivity contribution < 1.29 is 0 Å². The molecule has 1 aliphatic carbocycles. The van der Waals surface area contributed by atoms with Crippen LogP contribution in [0.3, 0.4) is 0 Å². The number of anilines is 1. The summed E-state index contributed by atoms with van der Waals surface area (Å²) in [7, 11) is 0. The Kier molecular flexibility index (Phi) is 3.47. The molecule has 3 rings (SSSR count). The molecular weight excluding hydrogens is 258 g/mol. The summed E-state index contributed by atoms with van der Waals surface area (Å²) in [6.45, 7) is 0. The summed E-state index contributed by atoms with van der Waals surface area (Å²) in [5, 5.41) is 7.72. The van der Waals surface area contributed by atoms with E-state index in [9.17, 15) is 0 Å². The van der Waals surface area contributed by atoms with Gasteiger partial charge in [-0.15, -0.1) is 0 Å². The minimum atomic E-state index is 0.502. The number of aromatic amines is 1. The van der Waals surface area contributed by atoms with Gasteiger partial charge in [0.1, 0.15) is 5.82 Å². The monoisotopic (exact) mass is 275 g/mol. The Morgan fingerprint density at radius 3 is 2.58 bits per heavy atom. The summed E-state index contributed by atoms with van der Waals surface area (Å²) in [5.74, 6) is 1.13. The molecule has 1 saturated carbocycles. The van der Waals surface area contributed by atoms with Gasteiger partial charge in [0.2, 0.25) is 0 Å². The van der Waals surface area contributed by atoms with Gasteiger partial charge in [-0.2, -0.15) is 5.10 Å². The average molecular weight is 276 g/mol. The Balaban J connectivity index is 1.89. The fraction of sp³-hybridized carbons (Fsp3) is 0.400. The molecule has 0 atom stereocenters. The van der Waals surface area contributed by atoms with Crippen molar-refractivity contribution in [1.29, 1.82) is 0 Å². The number of nitrogens with zero attached hydrogens (tertiary/aromatic N) is 1. The Morgan fingerprint density at radius 2 is 1.95 bits per heavy atom. The van der Waals surface area contributed by atoms with Gasteiger partial charge in [-0.3, -0.25) is 5.10 Å². The van der Waals surface area contributed by atoms with E-state index in [2.05, 4.69) is 22.3 Å². The topological polar surface area (TPSA) is 54.7 Å². The van der Waals surface area contributed by atoms with Crippen LogP contribution >= 0.6 is 11.6 Å². The second kappa shape index (κ2) is 5.25. The third-order valence-corrected chi connectivity index (χ3v) is 4.28. The normalized spacial score (nSPS) is 16.7. The van der Waals surface area contributed by atoms with Gasteiger partial charge < -0.3 is 5.73 Å². The largest absolute Gasteiger partial charge is 0.382 e. The first kappa shape index (κ1) is 12.5. The maximum atomic E-state index is 6.45. The second-order valence-electron chi connectivity index (χ2n) is 5.28. The number of nitrogens with one attached hydrogen (secondary N) is 1. The molecule has 1 fully saturated rings. The van der Waals surface area contributed by atoms with Gasteiger partial charge in [0.15, 0.2) is 0 Å². The number of hydrogen-bond acceptors (Lipinski definition) is 2. The lowest BCUT2D eigenvalue weighted by molar-refractivity contribution is 0.444. The van der Waals surface area contributed by atoms with E-state index in [0.717, 1.165) is 16.3 Å². The smallest absolute Gasteiger partial charge is 0.145 e. The minimum Gasteiger partial charge on any atom is -0.382 e. The lowest BCUT2D eigenvalue weighted by Gasteiger charge is -2.23. The van der Waals surface area contributed by atoms with E-state index in [1.54, 1.807) is 0 Å². The van der Waals surface area contributed by atoms with E-state index in [1.807, 2.05) is 12.1 Å². The fourth-order valence-electron chi connectivity index (χ4n) is 2.92. The Bertz CT molecular complexity index is 571. The standard InChI is InChI=1S/C15H18ClN3/c16-13-8-11(14-9-15(17)19-18-14)6-7-12(13)10-4-2-1-3-5-10/h6-10H,1-5H2,(H3,17,18,19). The molecule has 0 aliphatic heterocycles. The maximum Gasteiger partial charge on any atom is 0.145 e. The molecule has 3 N–H and O–H groups in total. The van der Waals surface area contributed by atoms with Crippen LogP contribution < -0.4 is 5.73 Å². The number of halogens is 1. The Hall–Kier alpha value is -1.48. The maximum absolute atomic E-state index is 6.45. The minimum absolute atomic E-state index is 0.502. The van der Waals surface area contributed by atoms with Crippen molar-refractivity contribution in [2.45, 2.75) is 38.0 Å². The Morgan fingerprint density at radius 1 is 1.16 bits per heavy atom. The fourth-order valence-corrected chi connectivity index (χ4v) is 3.26. The van der Waals surface area contributed by atoms with E-state index >= 15 is 0 Å². The molecule has 4 heteroatoms. The molecule has 0 bridgehead atoms. The van der Waals surface area contributed by atoms with Gasteiger partial charge in [-0.25, -0.2) is 0 Å². The summed E-state index contributed by atoms with van der Waals surface area (Å²) < 4.78 is 0. The van der Waals surface area contributed by atoms with Gasteiger partial charge in [0, 0.05) is 16.7 Å². The molecule has 19 heavy (non-hydrogen) atoms. The molecular formula is C15H18ClN3. The van der Waals surface area contributed by atoms with Crippen LogP contribution in [0.5, 0.6) is 0 Å². The highest BCUT2D eigenvalue weighted by molar-refractivity contribution is 6.31.